The molecular weight excluding hydrogens is 543 g/mol. The Labute approximate surface area is 234 Å². The van der Waals surface area contributed by atoms with Gasteiger partial charge in [0.05, 0.1) is 25.0 Å². The van der Waals surface area contributed by atoms with E-state index in [2.05, 4.69) is 30.2 Å². The minimum absolute atomic E-state index is 0.0566. The van der Waals surface area contributed by atoms with Gasteiger partial charge in [0, 0.05) is 17.9 Å². The van der Waals surface area contributed by atoms with Gasteiger partial charge in [0.2, 0.25) is 5.88 Å². The molecule has 1 aliphatic rings. The van der Waals surface area contributed by atoms with Crippen molar-refractivity contribution in [2.75, 3.05) is 30.6 Å². The zero-order valence-corrected chi connectivity index (χ0v) is 23.6. The number of carbonyl (C=O) groups excluding carboxylic acids is 1. The number of amidine groups is 1. The topological polar surface area (TPSA) is 105 Å². The van der Waals surface area contributed by atoms with Crippen molar-refractivity contribution >= 4 is 35.4 Å². The van der Waals surface area contributed by atoms with E-state index in [4.69, 9.17) is 4.74 Å². The van der Waals surface area contributed by atoms with Crippen LogP contribution in [0.15, 0.2) is 40.5 Å². The lowest BCUT2D eigenvalue weighted by atomic mass is 10.1. The van der Waals surface area contributed by atoms with Crippen LogP contribution in [0.4, 0.5) is 24.7 Å². The number of aliphatic imine (C=N–C) groups is 1. The molecule has 1 fully saturated rings. The van der Waals surface area contributed by atoms with Crippen molar-refractivity contribution in [1.82, 2.24) is 19.9 Å². The molecule has 2 aromatic heterocycles. The second-order valence-electron chi connectivity index (χ2n) is 9.37. The van der Waals surface area contributed by atoms with Crippen LogP contribution in [0.1, 0.15) is 42.6 Å². The quantitative estimate of drug-likeness (QED) is 0.147. The zero-order chi connectivity index (χ0) is 29.0. The van der Waals surface area contributed by atoms with E-state index in [1.165, 1.54) is 20.5 Å². The summed E-state index contributed by atoms with van der Waals surface area (Å²) in [5.74, 6) is 0.415. The van der Waals surface area contributed by atoms with Crippen LogP contribution in [0.3, 0.4) is 0 Å². The molecule has 13 heteroatoms. The zero-order valence-electron chi connectivity index (χ0n) is 22.8. The van der Waals surface area contributed by atoms with E-state index in [9.17, 15) is 18.0 Å². The molecule has 212 valence electrons. The van der Waals surface area contributed by atoms with E-state index in [1.807, 2.05) is 30.5 Å². The molecule has 3 aromatic rings. The molecular formula is C27H30F3N7O2S. The van der Waals surface area contributed by atoms with Crippen molar-refractivity contribution in [3.63, 3.8) is 0 Å². The van der Waals surface area contributed by atoms with E-state index >= 15 is 0 Å². The van der Waals surface area contributed by atoms with Crippen molar-refractivity contribution < 1.29 is 22.7 Å². The van der Waals surface area contributed by atoms with Gasteiger partial charge in [-0.3, -0.25) is 9.79 Å². The van der Waals surface area contributed by atoms with Gasteiger partial charge in [0.1, 0.15) is 23.6 Å². The van der Waals surface area contributed by atoms with E-state index in [1.54, 1.807) is 18.7 Å². The van der Waals surface area contributed by atoms with E-state index in [0.717, 1.165) is 35.1 Å². The Hall–Kier alpha value is -3.74. The van der Waals surface area contributed by atoms with Gasteiger partial charge in [0.15, 0.2) is 23.8 Å². The Morgan fingerprint density at radius 3 is 2.52 bits per heavy atom. The highest BCUT2D eigenvalue weighted by Gasteiger charge is 2.40. The second-order valence-corrected chi connectivity index (χ2v) is 10.2. The third-order valence-corrected chi connectivity index (χ3v) is 7.38. The number of hydrogen-bond acceptors (Lipinski definition) is 9. The van der Waals surface area contributed by atoms with Gasteiger partial charge < -0.3 is 15.0 Å². The van der Waals surface area contributed by atoms with Crippen molar-refractivity contribution in [2.45, 2.75) is 56.3 Å². The number of rotatable bonds is 10. The van der Waals surface area contributed by atoms with E-state index in [0.29, 0.717) is 23.2 Å². The van der Waals surface area contributed by atoms with Gasteiger partial charge >= 0.3 is 6.18 Å². The average Bonchev–Trinajstić information content (AvgIpc) is 3.80. The number of hydrogen-bond donors (Lipinski definition) is 1. The number of thioether (sulfide) groups is 1. The molecule has 1 N–H and O–H groups in total. The van der Waals surface area contributed by atoms with Gasteiger partial charge in [-0.15, -0.1) is 11.8 Å². The van der Waals surface area contributed by atoms with Gasteiger partial charge in [-0.1, -0.05) is 12.1 Å². The Morgan fingerprint density at radius 1 is 1.25 bits per heavy atom. The molecule has 1 unspecified atom stereocenters. The molecule has 4 rings (SSSR count). The number of ether oxygens (including phenoxy) is 1. The summed E-state index contributed by atoms with van der Waals surface area (Å²) in [5, 5.41) is 2.88. The maximum atomic E-state index is 13.8. The molecule has 1 aromatic carbocycles. The van der Waals surface area contributed by atoms with Crippen LogP contribution < -0.4 is 15.0 Å². The fourth-order valence-electron chi connectivity index (χ4n) is 4.03. The van der Waals surface area contributed by atoms with Crippen LogP contribution in [0.2, 0.25) is 0 Å². The van der Waals surface area contributed by atoms with Crippen molar-refractivity contribution in [3.05, 3.63) is 47.5 Å². The molecule has 0 saturated heterocycles. The van der Waals surface area contributed by atoms with E-state index < -0.39 is 12.2 Å². The Kier molecular flexibility index (Phi) is 8.92. The van der Waals surface area contributed by atoms with Gasteiger partial charge in [-0.2, -0.15) is 13.2 Å². The number of carbonyl (C=O) groups is 1. The first kappa shape index (κ1) is 29.2. The number of benzene rings is 1. The molecule has 1 atom stereocenters. The number of nitrogens with zero attached hydrogens (tertiary/aromatic N) is 6. The molecule has 40 heavy (non-hydrogen) atoms. The molecule has 0 amide bonds. The van der Waals surface area contributed by atoms with E-state index in [-0.39, 0.29) is 41.5 Å². The standard InChI is InChI=1S/C27H30F3N7O2S/c1-15-22(35-20(13-38)31-12-17-6-10-19(40-5)11-7-17)25(37(3)16(2)27(28,29)30)36-24(34-15)21-23(18-8-9-18)32-14-33-26(21)39-4/h6-7,10-11,13-14,16,18H,8-9,12H2,1-5H3,(H,31,35). The largest absolute Gasteiger partial charge is 0.480 e. The second kappa shape index (κ2) is 12.2. The fourth-order valence-corrected chi connectivity index (χ4v) is 4.44. The summed E-state index contributed by atoms with van der Waals surface area (Å²) >= 11 is 1.61. The number of alkyl halides is 3. The highest BCUT2D eigenvalue weighted by atomic mass is 32.2. The first-order valence-corrected chi connectivity index (χ1v) is 13.8. The predicted octanol–water partition coefficient (Wildman–Crippen LogP) is 5.45. The molecule has 0 aliphatic heterocycles. The maximum Gasteiger partial charge on any atom is 0.408 e. The first-order valence-electron chi connectivity index (χ1n) is 12.5. The summed E-state index contributed by atoms with van der Waals surface area (Å²) in [4.78, 5) is 36.1. The third kappa shape index (κ3) is 6.52. The Morgan fingerprint density at radius 2 is 1.95 bits per heavy atom. The lowest BCUT2D eigenvalue weighted by Crippen LogP contribution is -2.42. The lowest BCUT2D eigenvalue weighted by Gasteiger charge is -2.30. The normalized spacial score (nSPS) is 14.6. The number of aldehydes is 1. The fraction of sp³-hybridized carbons (Fsp3) is 0.407. The summed E-state index contributed by atoms with van der Waals surface area (Å²) in [6, 6.07) is 5.81. The smallest absolute Gasteiger partial charge is 0.408 e. The molecule has 0 bridgehead atoms. The SMILES string of the molecule is COc1ncnc(C2CC2)c1-c1nc(C)c(NC(C=O)=NCc2ccc(SC)cc2)c(N(C)C(C)C(F)(F)F)n1. The number of aromatic nitrogens is 4. The lowest BCUT2D eigenvalue weighted by molar-refractivity contribution is -0.144. The van der Waals surface area contributed by atoms with Crippen LogP contribution in [0.25, 0.3) is 11.4 Å². The first-order chi connectivity index (χ1) is 19.1. The summed E-state index contributed by atoms with van der Waals surface area (Å²) < 4.78 is 46.9. The number of anilines is 2. The van der Waals surface area contributed by atoms with Crippen LogP contribution in [0.5, 0.6) is 5.88 Å². The summed E-state index contributed by atoms with van der Waals surface area (Å²) in [6.07, 6.45) is 1.17. The van der Waals surface area contributed by atoms with Gasteiger partial charge in [0.25, 0.3) is 0 Å². The van der Waals surface area contributed by atoms with Crippen LogP contribution in [-0.4, -0.2) is 64.7 Å². The molecule has 0 radical (unpaired) electrons. The molecule has 1 saturated carbocycles. The highest BCUT2D eigenvalue weighted by Crippen LogP contribution is 2.45. The van der Waals surface area contributed by atoms with Crippen LogP contribution in [0, 0.1) is 6.92 Å². The minimum atomic E-state index is -4.54. The van der Waals surface area contributed by atoms with Crippen LogP contribution in [-0.2, 0) is 11.3 Å². The number of aryl methyl sites for hydroxylation is 1. The van der Waals surface area contributed by atoms with Crippen molar-refractivity contribution in [3.8, 4) is 17.3 Å². The van der Waals surface area contributed by atoms with Gasteiger partial charge in [-0.25, -0.2) is 19.9 Å². The molecule has 1 aliphatic carbocycles. The van der Waals surface area contributed by atoms with Crippen LogP contribution >= 0.6 is 11.8 Å². The summed E-state index contributed by atoms with van der Waals surface area (Å²) in [5.41, 5.74) is 2.44. The average molecular weight is 574 g/mol. The summed E-state index contributed by atoms with van der Waals surface area (Å²) in [6.45, 7) is 2.86. The minimum Gasteiger partial charge on any atom is -0.480 e. The van der Waals surface area contributed by atoms with Crippen molar-refractivity contribution in [1.29, 1.82) is 0 Å². The number of nitrogens with one attached hydrogen (secondary N) is 1. The predicted molar refractivity (Wildman–Crippen MR) is 149 cm³/mol. The Bertz CT molecular complexity index is 1400. The van der Waals surface area contributed by atoms with Crippen molar-refractivity contribution in [2.24, 2.45) is 4.99 Å². The number of methoxy groups -OCH3 is 1. The van der Waals surface area contributed by atoms with Gasteiger partial charge in [-0.05, 0) is 50.6 Å². The summed E-state index contributed by atoms with van der Waals surface area (Å²) in [7, 11) is 2.74. The molecule has 9 nitrogen and oxygen atoms in total. The molecule has 0 spiro atoms. The number of halogens is 3. The molecule has 2 heterocycles. The Balaban J connectivity index is 1.78. The monoisotopic (exact) mass is 573 g/mol. The highest BCUT2D eigenvalue weighted by molar-refractivity contribution is 7.98. The maximum absolute atomic E-state index is 13.8. The third-order valence-electron chi connectivity index (χ3n) is 6.64.